The van der Waals surface area contributed by atoms with Crippen LogP contribution in [0.3, 0.4) is 0 Å². The van der Waals surface area contributed by atoms with Crippen molar-refractivity contribution in [1.82, 2.24) is 0 Å². The average Bonchev–Trinajstić information content (AvgIpc) is 2.52. The van der Waals surface area contributed by atoms with Crippen molar-refractivity contribution < 1.29 is 9.47 Å². The number of hydrogen-bond acceptors (Lipinski definition) is 3. The zero-order valence-corrected chi connectivity index (χ0v) is 5.83. The van der Waals surface area contributed by atoms with E-state index in [4.69, 9.17) is 14.7 Å². The van der Waals surface area contributed by atoms with Gasteiger partial charge in [-0.05, 0) is 0 Å². The Bertz CT molecular complexity index is 198. The molecule has 0 amide bonds. The van der Waals surface area contributed by atoms with Crippen molar-refractivity contribution in [2.24, 2.45) is 5.92 Å². The monoisotopic (exact) mass is 139 g/mol. The van der Waals surface area contributed by atoms with Crippen LogP contribution < -0.4 is 0 Å². The van der Waals surface area contributed by atoms with Crippen molar-refractivity contribution in [3.05, 3.63) is 0 Å². The van der Waals surface area contributed by atoms with E-state index >= 15 is 0 Å². The van der Waals surface area contributed by atoms with Gasteiger partial charge in [-0.3, -0.25) is 0 Å². The first-order valence-corrected chi connectivity index (χ1v) is 3.45. The van der Waals surface area contributed by atoms with Crippen molar-refractivity contribution >= 4 is 0 Å². The molecule has 0 aromatic carbocycles. The second-order valence-electron chi connectivity index (χ2n) is 3.00. The van der Waals surface area contributed by atoms with Gasteiger partial charge in [0.1, 0.15) is 5.60 Å². The van der Waals surface area contributed by atoms with Crippen molar-refractivity contribution in [2.75, 3.05) is 13.2 Å². The molecule has 0 aromatic heterocycles. The van der Waals surface area contributed by atoms with Crippen molar-refractivity contribution in [3.63, 3.8) is 0 Å². The lowest BCUT2D eigenvalue weighted by Gasteiger charge is -2.03. The quantitative estimate of drug-likeness (QED) is 0.454. The topological polar surface area (TPSA) is 45.5 Å². The van der Waals surface area contributed by atoms with Gasteiger partial charge in [0.25, 0.3) is 0 Å². The van der Waals surface area contributed by atoms with Crippen LogP contribution in [0.15, 0.2) is 0 Å². The van der Waals surface area contributed by atoms with Gasteiger partial charge in [0.2, 0.25) is 0 Å². The molecule has 2 aliphatic rings. The third-order valence-corrected chi connectivity index (χ3v) is 2.37. The van der Waals surface area contributed by atoms with Gasteiger partial charge < -0.3 is 9.47 Å². The molecule has 2 aliphatic heterocycles. The van der Waals surface area contributed by atoms with Crippen LogP contribution in [-0.2, 0) is 9.47 Å². The summed E-state index contributed by atoms with van der Waals surface area (Å²) in [4.78, 5) is 0. The number of nitriles is 1. The van der Waals surface area contributed by atoms with Crippen molar-refractivity contribution in [2.45, 2.75) is 18.6 Å². The predicted octanol–water partition coefficient (Wildman–Crippen LogP) is 0.314. The molecule has 10 heavy (non-hydrogen) atoms. The van der Waals surface area contributed by atoms with E-state index in [1.165, 1.54) is 0 Å². The summed E-state index contributed by atoms with van der Waals surface area (Å²) in [5, 5.41) is 8.52. The summed E-state index contributed by atoms with van der Waals surface area (Å²) in [6, 6.07) is 2.10. The van der Waals surface area contributed by atoms with Gasteiger partial charge in [-0.1, -0.05) is 6.92 Å². The molecule has 0 N–H and O–H groups in total. The lowest BCUT2D eigenvalue weighted by Crippen LogP contribution is -2.22. The lowest BCUT2D eigenvalue weighted by atomic mass is 9.95. The zero-order chi connectivity index (χ0) is 7.19. The summed E-state index contributed by atoms with van der Waals surface area (Å²) in [5.74, 6) is 0.386. The Morgan fingerprint density at radius 1 is 1.70 bits per heavy atom. The third kappa shape index (κ3) is 0.556. The van der Waals surface area contributed by atoms with Gasteiger partial charge in [-0.25, -0.2) is 0 Å². The molecule has 3 nitrogen and oxygen atoms in total. The summed E-state index contributed by atoms with van der Waals surface area (Å²) in [6.45, 7) is 3.40. The fraction of sp³-hybridized carbons (Fsp3) is 0.857. The van der Waals surface area contributed by atoms with Crippen molar-refractivity contribution in [1.29, 1.82) is 5.26 Å². The fourth-order valence-corrected chi connectivity index (χ4v) is 1.48. The zero-order valence-electron chi connectivity index (χ0n) is 5.83. The van der Waals surface area contributed by atoms with Crippen LogP contribution in [-0.4, -0.2) is 24.9 Å². The normalized spacial score (nSPS) is 51.2. The highest BCUT2D eigenvalue weighted by atomic mass is 16.6. The molecule has 2 heterocycles. The fourth-order valence-electron chi connectivity index (χ4n) is 1.48. The van der Waals surface area contributed by atoms with E-state index in [1.807, 2.05) is 0 Å². The van der Waals surface area contributed by atoms with Crippen LogP contribution in [0.2, 0.25) is 0 Å². The molecular weight excluding hydrogens is 130 g/mol. The average molecular weight is 139 g/mol. The number of ether oxygens (including phenoxy) is 2. The Morgan fingerprint density at radius 3 is 2.90 bits per heavy atom. The number of hydrogen-bond donors (Lipinski definition) is 0. The summed E-state index contributed by atoms with van der Waals surface area (Å²) in [5.41, 5.74) is -0.214. The molecule has 2 fully saturated rings. The Labute approximate surface area is 59.5 Å². The molecule has 3 unspecified atom stereocenters. The molecule has 1 spiro atoms. The molecular formula is C7H9NO2. The number of nitrogens with zero attached hydrogens (tertiary/aromatic N) is 1. The van der Waals surface area contributed by atoms with Crippen LogP contribution in [0.25, 0.3) is 0 Å². The maximum absolute atomic E-state index is 8.52. The van der Waals surface area contributed by atoms with Crippen LogP contribution in [0.5, 0.6) is 0 Å². The molecule has 2 saturated heterocycles. The van der Waals surface area contributed by atoms with Gasteiger partial charge in [0, 0.05) is 5.92 Å². The second-order valence-corrected chi connectivity index (χ2v) is 3.00. The minimum atomic E-state index is -0.214. The van der Waals surface area contributed by atoms with Gasteiger partial charge >= 0.3 is 0 Å². The summed E-state index contributed by atoms with van der Waals surface area (Å²) in [6.07, 6.45) is -0.204. The standard InChI is InChI=1S/C7H9NO2/c1-5-3-9-4-7(5)6(2-8)10-7/h5-6H,3-4H2,1H3. The smallest absolute Gasteiger partial charge is 0.176 e. The van der Waals surface area contributed by atoms with Crippen LogP contribution in [0.4, 0.5) is 0 Å². The first-order valence-electron chi connectivity index (χ1n) is 3.45. The maximum Gasteiger partial charge on any atom is 0.176 e. The van der Waals surface area contributed by atoms with E-state index in [0.717, 1.165) is 6.61 Å². The van der Waals surface area contributed by atoms with E-state index in [2.05, 4.69) is 13.0 Å². The first kappa shape index (κ1) is 6.14. The molecule has 3 heteroatoms. The van der Waals surface area contributed by atoms with Gasteiger partial charge in [-0.2, -0.15) is 5.26 Å². The van der Waals surface area contributed by atoms with Gasteiger partial charge in [0.15, 0.2) is 6.10 Å². The van der Waals surface area contributed by atoms with Crippen LogP contribution >= 0.6 is 0 Å². The van der Waals surface area contributed by atoms with E-state index in [9.17, 15) is 0 Å². The van der Waals surface area contributed by atoms with Gasteiger partial charge in [-0.15, -0.1) is 0 Å². The highest BCUT2D eigenvalue weighted by Crippen LogP contribution is 2.46. The molecule has 3 atom stereocenters. The van der Waals surface area contributed by atoms with Crippen molar-refractivity contribution in [3.8, 4) is 6.07 Å². The Balaban J connectivity index is 2.13. The molecule has 0 aromatic rings. The highest BCUT2D eigenvalue weighted by molar-refractivity contribution is 5.18. The summed E-state index contributed by atoms with van der Waals surface area (Å²) in [7, 11) is 0. The van der Waals surface area contributed by atoms with E-state index in [-0.39, 0.29) is 11.7 Å². The second kappa shape index (κ2) is 1.71. The molecule has 0 radical (unpaired) electrons. The molecule has 0 saturated carbocycles. The Hall–Kier alpha value is -0.590. The van der Waals surface area contributed by atoms with E-state index in [1.54, 1.807) is 0 Å². The molecule has 0 aliphatic carbocycles. The predicted molar refractivity (Wildman–Crippen MR) is 33.2 cm³/mol. The minimum absolute atomic E-state index is 0.204. The molecule has 0 bridgehead atoms. The van der Waals surface area contributed by atoms with E-state index in [0.29, 0.717) is 12.5 Å². The minimum Gasteiger partial charge on any atom is -0.378 e. The largest absolute Gasteiger partial charge is 0.378 e. The van der Waals surface area contributed by atoms with Crippen LogP contribution in [0.1, 0.15) is 6.92 Å². The molecule has 54 valence electrons. The first-order chi connectivity index (χ1) is 4.79. The lowest BCUT2D eigenvalue weighted by molar-refractivity contribution is 0.170. The Morgan fingerprint density at radius 2 is 2.50 bits per heavy atom. The SMILES string of the molecule is CC1COCC12OC2C#N. The Kier molecular flexibility index (Phi) is 1.05. The maximum atomic E-state index is 8.52. The van der Waals surface area contributed by atoms with E-state index < -0.39 is 0 Å². The van der Waals surface area contributed by atoms with Crippen LogP contribution in [0, 0.1) is 17.2 Å². The highest BCUT2D eigenvalue weighted by Gasteiger charge is 2.63. The third-order valence-electron chi connectivity index (χ3n) is 2.37. The summed E-state index contributed by atoms with van der Waals surface area (Å²) >= 11 is 0. The number of rotatable bonds is 0. The van der Waals surface area contributed by atoms with Gasteiger partial charge in [0.05, 0.1) is 19.3 Å². The number of epoxide rings is 1. The molecule has 2 rings (SSSR count). The summed E-state index contributed by atoms with van der Waals surface area (Å²) < 4.78 is 10.4.